The third-order valence-electron chi connectivity index (χ3n) is 4.60. The van der Waals surface area contributed by atoms with Gasteiger partial charge in [-0.25, -0.2) is 0 Å². The van der Waals surface area contributed by atoms with Gasteiger partial charge in [-0.2, -0.15) is 0 Å². The molecule has 0 unspecified atom stereocenters. The first-order chi connectivity index (χ1) is 11.7. The van der Waals surface area contributed by atoms with Gasteiger partial charge in [-0.3, -0.25) is 4.79 Å². The zero-order chi connectivity index (χ0) is 16.8. The van der Waals surface area contributed by atoms with Crippen LogP contribution in [0.4, 0.5) is 0 Å². The second-order valence-corrected chi connectivity index (χ2v) is 6.33. The molecule has 0 saturated carbocycles. The summed E-state index contributed by atoms with van der Waals surface area (Å²) in [6.45, 7) is 3.44. The molecule has 2 aromatic rings. The summed E-state index contributed by atoms with van der Waals surface area (Å²) in [6.07, 6.45) is 4.53. The van der Waals surface area contributed by atoms with Crippen molar-refractivity contribution in [2.24, 2.45) is 5.73 Å². The van der Waals surface area contributed by atoms with Crippen LogP contribution in [0.3, 0.4) is 0 Å². The van der Waals surface area contributed by atoms with E-state index in [1.54, 1.807) is 6.07 Å². The van der Waals surface area contributed by atoms with Crippen molar-refractivity contribution in [1.29, 1.82) is 0 Å². The normalized spacial score (nSPS) is 15.0. The Bertz CT molecular complexity index is 656. The number of amides is 1. The average Bonchev–Trinajstić information content (AvgIpc) is 3.11. The molecule has 1 aliphatic rings. The van der Waals surface area contributed by atoms with E-state index in [9.17, 15) is 4.79 Å². The van der Waals surface area contributed by atoms with Crippen molar-refractivity contribution in [3.63, 3.8) is 0 Å². The molecule has 1 saturated heterocycles. The van der Waals surface area contributed by atoms with Crippen LogP contribution in [0, 0.1) is 0 Å². The Morgan fingerprint density at radius 3 is 2.50 bits per heavy atom. The van der Waals surface area contributed by atoms with Crippen molar-refractivity contribution in [1.82, 2.24) is 10.2 Å². The summed E-state index contributed by atoms with van der Waals surface area (Å²) in [5.41, 5.74) is 7.44. The monoisotopic (exact) mass is 399 g/mol. The van der Waals surface area contributed by atoms with E-state index < -0.39 is 0 Å². The van der Waals surface area contributed by atoms with Crippen molar-refractivity contribution in [2.75, 3.05) is 19.6 Å². The summed E-state index contributed by atoms with van der Waals surface area (Å²) in [7, 11) is 0. The number of nitrogens with two attached hydrogens (primary N) is 1. The number of piperidine rings is 1. The molecule has 3 N–H and O–H groups in total. The standard InChI is InChI=1S/C19H25N3O2.2ClH/c20-13-18-12-16(14-24-18)19(23)21-17-7-10-22(11-8-17)9-6-15-4-2-1-3-5-15;;/h1-5,12,14,17H,6-11,13,20H2,(H,21,23);2*1H. The topological polar surface area (TPSA) is 71.5 Å². The van der Waals surface area contributed by atoms with Gasteiger partial charge in [0.2, 0.25) is 0 Å². The number of hydrogen-bond donors (Lipinski definition) is 2. The minimum atomic E-state index is -0.0683. The number of nitrogens with zero attached hydrogens (tertiary/aromatic N) is 1. The molecule has 1 amide bonds. The average molecular weight is 400 g/mol. The maximum absolute atomic E-state index is 12.2. The van der Waals surface area contributed by atoms with E-state index in [-0.39, 0.29) is 36.8 Å². The number of nitrogens with one attached hydrogen (secondary N) is 1. The van der Waals surface area contributed by atoms with Crippen LogP contribution in [0.25, 0.3) is 0 Å². The fourth-order valence-corrected chi connectivity index (χ4v) is 3.11. The van der Waals surface area contributed by atoms with Crippen LogP contribution in [-0.4, -0.2) is 36.5 Å². The molecular formula is C19H27Cl2N3O2. The van der Waals surface area contributed by atoms with Gasteiger partial charge < -0.3 is 20.4 Å². The van der Waals surface area contributed by atoms with E-state index in [0.29, 0.717) is 17.9 Å². The molecule has 1 fully saturated rings. The van der Waals surface area contributed by atoms with Crippen LogP contribution in [-0.2, 0) is 13.0 Å². The lowest BCUT2D eigenvalue weighted by atomic mass is 10.0. The molecule has 26 heavy (non-hydrogen) atoms. The summed E-state index contributed by atoms with van der Waals surface area (Å²) < 4.78 is 5.22. The lowest BCUT2D eigenvalue weighted by Crippen LogP contribution is -2.45. The third kappa shape index (κ3) is 6.32. The van der Waals surface area contributed by atoms with E-state index in [2.05, 4.69) is 34.5 Å². The number of benzene rings is 1. The van der Waals surface area contributed by atoms with E-state index >= 15 is 0 Å². The molecule has 5 nitrogen and oxygen atoms in total. The van der Waals surface area contributed by atoms with Crippen molar-refractivity contribution in [3.8, 4) is 0 Å². The van der Waals surface area contributed by atoms with Crippen molar-refractivity contribution >= 4 is 30.7 Å². The highest BCUT2D eigenvalue weighted by atomic mass is 35.5. The van der Waals surface area contributed by atoms with Crippen LogP contribution in [0.15, 0.2) is 47.1 Å². The Kier molecular flexibility index (Phi) is 9.73. The van der Waals surface area contributed by atoms with Gasteiger partial charge in [0, 0.05) is 25.7 Å². The van der Waals surface area contributed by atoms with E-state index in [0.717, 1.165) is 38.9 Å². The number of carbonyl (C=O) groups excluding carboxylic acids is 1. The summed E-state index contributed by atoms with van der Waals surface area (Å²) >= 11 is 0. The smallest absolute Gasteiger partial charge is 0.254 e. The molecule has 0 aliphatic carbocycles. The maximum Gasteiger partial charge on any atom is 0.254 e. The van der Waals surface area contributed by atoms with Crippen molar-refractivity contribution in [2.45, 2.75) is 31.8 Å². The van der Waals surface area contributed by atoms with Gasteiger partial charge in [0.05, 0.1) is 12.1 Å². The second-order valence-electron chi connectivity index (χ2n) is 6.33. The lowest BCUT2D eigenvalue weighted by molar-refractivity contribution is 0.0911. The number of hydrogen-bond acceptors (Lipinski definition) is 4. The second kappa shape index (κ2) is 11.2. The zero-order valence-electron chi connectivity index (χ0n) is 14.7. The fourth-order valence-electron chi connectivity index (χ4n) is 3.11. The van der Waals surface area contributed by atoms with Gasteiger partial charge in [-0.05, 0) is 30.9 Å². The van der Waals surface area contributed by atoms with E-state index in [1.807, 2.05) is 6.07 Å². The SMILES string of the molecule is Cl.Cl.NCc1cc(C(=O)NC2CCN(CCc3ccccc3)CC2)co1. The number of furan rings is 1. The highest BCUT2D eigenvalue weighted by Crippen LogP contribution is 2.13. The fraction of sp³-hybridized carbons (Fsp3) is 0.421. The van der Waals surface area contributed by atoms with Gasteiger partial charge in [0.1, 0.15) is 12.0 Å². The van der Waals surface area contributed by atoms with Crippen LogP contribution in [0.5, 0.6) is 0 Å². The number of carbonyl (C=O) groups is 1. The predicted octanol–water partition coefficient (Wildman–Crippen LogP) is 3.02. The van der Waals surface area contributed by atoms with Crippen LogP contribution < -0.4 is 11.1 Å². The van der Waals surface area contributed by atoms with Crippen molar-refractivity contribution in [3.05, 3.63) is 59.5 Å². The quantitative estimate of drug-likeness (QED) is 0.782. The van der Waals surface area contributed by atoms with Gasteiger partial charge in [-0.1, -0.05) is 30.3 Å². The molecule has 1 aromatic heterocycles. The summed E-state index contributed by atoms with van der Waals surface area (Å²) in [5.74, 6) is 0.567. The largest absolute Gasteiger partial charge is 0.467 e. The Morgan fingerprint density at radius 2 is 1.88 bits per heavy atom. The lowest BCUT2D eigenvalue weighted by Gasteiger charge is -2.32. The van der Waals surface area contributed by atoms with Crippen LogP contribution >= 0.6 is 24.8 Å². The number of halogens is 2. The van der Waals surface area contributed by atoms with Gasteiger partial charge in [0.15, 0.2) is 0 Å². The van der Waals surface area contributed by atoms with E-state index in [4.69, 9.17) is 10.2 Å². The summed E-state index contributed by atoms with van der Waals surface area (Å²) in [4.78, 5) is 14.7. The van der Waals surface area contributed by atoms with Gasteiger partial charge in [-0.15, -0.1) is 24.8 Å². The maximum atomic E-state index is 12.2. The number of likely N-dealkylation sites (tertiary alicyclic amines) is 1. The molecule has 1 aliphatic heterocycles. The Morgan fingerprint density at radius 1 is 1.19 bits per heavy atom. The Hall–Kier alpha value is -1.53. The molecule has 0 atom stereocenters. The van der Waals surface area contributed by atoms with Crippen LogP contribution in [0.2, 0.25) is 0 Å². The predicted molar refractivity (Wildman–Crippen MR) is 108 cm³/mol. The molecule has 1 aromatic carbocycles. The van der Waals surface area contributed by atoms with Crippen LogP contribution in [0.1, 0.15) is 34.5 Å². The molecule has 0 spiro atoms. The van der Waals surface area contributed by atoms with Gasteiger partial charge in [0.25, 0.3) is 5.91 Å². The zero-order valence-corrected chi connectivity index (χ0v) is 16.4. The Balaban J connectivity index is 0.00000169. The molecule has 3 rings (SSSR count). The first kappa shape index (κ1) is 22.5. The highest BCUT2D eigenvalue weighted by molar-refractivity contribution is 5.94. The molecule has 7 heteroatoms. The molecule has 2 heterocycles. The minimum absolute atomic E-state index is 0. The van der Waals surface area contributed by atoms with Crippen molar-refractivity contribution < 1.29 is 9.21 Å². The number of rotatable bonds is 6. The summed E-state index contributed by atoms with van der Waals surface area (Å²) in [6, 6.07) is 12.5. The van der Waals surface area contributed by atoms with E-state index in [1.165, 1.54) is 11.8 Å². The first-order valence-electron chi connectivity index (χ1n) is 8.59. The molecule has 0 bridgehead atoms. The summed E-state index contributed by atoms with van der Waals surface area (Å²) in [5, 5.41) is 3.10. The third-order valence-corrected chi connectivity index (χ3v) is 4.60. The molecule has 144 valence electrons. The minimum Gasteiger partial charge on any atom is -0.467 e. The molecular weight excluding hydrogens is 373 g/mol. The molecule has 0 radical (unpaired) electrons. The highest BCUT2D eigenvalue weighted by Gasteiger charge is 2.21. The van der Waals surface area contributed by atoms with Gasteiger partial charge >= 0.3 is 0 Å². The Labute approximate surface area is 167 Å². The first-order valence-corrected chi connectivity index (χ1v) is 8.59.